The zero-order chi connectivity index (χ0) is 19.9. The zero-order valence-corrected chi connectivity index (χ0v) is 17.5. The van der Waals surface area contributed by atoms with Crippen LogP contribution in [-0.2, 0) is 24.7 Å². The number of fused-ring (bicyclic) bond motifs is 2. The summed E-state index contributed by atoms with van der Waals surface area (Å²) >= 11 is 0. The number of nitrogens with two attached hydrogens (primary N) is 1. The molecular weight excluding hydrogens is 392 g/mol. The topological polar surface area (TPSA) is 121 Å². The van der Waals surface area contributed by atoms with E-state index in [-0.39, 0.29) is 5.91 Å². The first-order valence-electron chi connectivity index (χ1n) is 9.48. The van der Waals surface area contributed by atoms with Gasteiger partial charge >= 0.3 is 0 Å². The summed E-state index contributed by atoms with van der Waals surface area (Å²) in [5, 5.41) is -0.837. The molecule has 3 fully saturated rings. The van der Waals surface area contributed by atoms with Crippen molar-refractivity contribution in [2.45, 2.75) is 43.7 Å². The molecule has 3 aliphatic heterocycles. The summed E-state index contributed by atoms with van der Waals surface area (Å²) in [6, 6.07) is 0.419. The van der Waals surface area contributed by atoms with Crippen LogP contribution >= 0.6 is 0 Å². The van der Waals surface area contributed by atoms with E-state index >= 15 is 0 Å². The van der Waals surface area contributed by atoms with Gasteiger partial charge in [0.05, 0.1) is 0 Å². The van der Waals surface area contributed by atoms with Crippen molar-refractivity contribution in [1.82, 2.24) is 14.1 Å². The fraction of sp³-hybridized carbons (Fsp3) is 0.938. The van der Waals surface area contributed by atoms with Crippen molar-refractivity contribution >= 4 is 25.8 Å². The molecular formula is C16H30N4O5S2. The monoisotopic (exact) mass is 422 g/mol. The normalized spacial score (nSPS) is 31.2. The van der Waals surface area contributed by atoms with Gasteiger partial charge < -0.3 is 5.73 Å². The number of hydrogen-bond acceptors (Lipinski definition) is 7. The maximum Gasteiger partial charge on any atom is 0.237 e. The van der Waals surface area contributed by atoms with Crippen LogP contribution in [0.2, 0.25) is 0 Å². The molecule has 0 radical (unpaired) electrons. The Labute approximate surface area is 161 Å². The molecule has 11 heteroatoms. The number of primary amides is 1. The van der Waals surface area contributed by atoms with Crippen molar-refractivity contribution in [3.8, 4) is 0 Å². The maximum atomic E-state index is 12.2. The molecule has 0 spiro atoms. The average molecular weight is 423 g/mol. The number of hydrogen-bond donors (Lipinski definition) is 1. The molecule has 3 rings (SSSR count). The summed E-state index contributed by atoms with van der Waals surface area (Å²) in [7, 11) is -7.36. The Hall–Kier alpha value is -0.750. The lowest BCUT2D eigenvalue weighted by Crippen LogP contribution is -2.60. The summed E-state index contributed by atoms with van der Waals surface area (Å²) in [5.41, 5.74) is 5.24. The number of carbonyl (C=O) groups excluding carboxylic acids is 1. The Morgan fingerprint density at radius 3 is 2.30 bits per heavy atom. The largest absolute Gasteiger partial charge is 0.368 e. The van der Waals surface area contributed by atoms with Crippen molar-refractivity contribution in [3.05, 3.63) is 0 Å². The lowest BCUT2D eigenvalue weighted by molar-refractivity contribution is -0.131. The molecule has 2 atom stereocenters. The van der Waals surface area contributed by atoms with Gasteiger partial charge in [-0.1, -0.05) is 0 Å². The summed E-state index contributed by atoms with van der Waals surface area (Å²) in [6.45, 7) is 3.22. The van der Waals surface area contributed by atoms with Gasteiger partial charge in [-0.2, -0.15) is 4.31 Å². The minimum Gasteiger partial charge on any atom is -0.368 e. The van der Waals surface area contributed by atoms with Crippen molar-refractivity contribution in [2.75, 3.05) is 50.6 Å². The van der Waals surface area contributed by atoms with Gasteiger partial charge in [0.25, 0.3) is 0 Å². The predicted octanol–water partition coefficient (Wildman–Crippen LogP) is -1.19. The number of sulfone groups is 1. The smallest absolute Gasteiger partial charge is 0.237 e. The first-order chi connectivity index (χ1) is 12.5. The number of amides is 1. The van der Waals surface area contributed by atoms with E-state index in [2.05, 4.69) is 9.80 Å². The van der Waals surface area contributed by atoms with Gasteiger partial charge in [0.1, 0.15) is 5.54 Å². The van der Waals surface area contributed by atoms with Crippen LogP contribution in [-0.4, -0.2) is 99.0 Å². The molecule has 0 aromatic heterocycles. The van der Waals surface area contributed by atoms with Crippen LogP contribution in [0.15, 0.2) is 0 Å². The van der Waals surface area contributed by atoms with Gasteiger partial charge in [-0.25, -0.2) is 16.8 Å². The highest BCUT2D eigenvalue weighted by Gasteiger charge is 2.52. The summed E-state index contributed by atoms with van der Waals surface area (Å²) in [4.78, 5) is 16.6. The van der Waals surface area contributed by atoms with E-state index in [1.165, 1.54) is 4.31 Å². The van der Waals surface area contributed by atoms with E-state index in [9.17, 15) is 21.6 Å². The summed E-state index contributed by atoms with van der Waals surface area (Å²) < 4.78 is 48.3. The molecule has 0 aromatic carbocycles. The Bertz CT molecular complexity index is 773. The molecule has 0 saturated carbocycles. The number of rotatable bonds is 7. The molecule has 3 aliphatic rings. The van der Waals surface area contributed by atoms with Crippen LogP contribution in [0.3, 0.4) is 0 Å². The van der Waals surface area contributed by atoms with Gasteiger partial charge in [0.15, 0.2) is 14.9 Å². The van der Waals surface area contributed by atoms with Gasteiger partial charge in [-0.15, -0.1) is 0 Å². The third-order valence-electron chi connectivity index (χ3n) is 6.21. The first-order valence-corrected chi connectivity index (χ1v) is 13.2. The summed E-state index contributed by atoms with van der Waals surface area (Å²) in [5.74, 6) is -0.221. The molecule has 9 nitrogen and oxygen atoms in total. The van der Waals surface area contributed by atoms with Gasteiger partial charge in [-0.05, 0) is 32.1 Å². The third kappa shape index (κ3) is 4.47. The van der Waals surface area contributed by atoms with Crippen LogP contribution in [0.1, 0.15) is 32.1 Å². The molecule has 27 heavy (non-hydrogen) atoms. The molecule has 0 aromatic rings. The van der Waals surface area contributed by atoms with Crippen LogP contribution < -0.4 is 5.73 Å². The number of piperazine rings is 1. The molecule has 156 valence electrons. The molecule has 2 bridgehead atoms. The highest BCUT2D eigenvalue weighted by Crippen LogP contribution is 2.43. The number of sulfonamides is 1. The van der Waals surface area contributed by atoms with E-state index in [0.717, 1.165) is 51.4 Å². The number of carbonyl (C=O) groups is 1. The van der Waals surface area contributed by atoms with Crippen molar-refractivity contribution < 1.29 is 21.6 Å². The minimum atomic E-state index is -3.78. The quantitative estimate of drug-likeness (QED) is 0.547. The highest BCUT2D eigenvalue weighted by atomic mass is 32.3. The van der Waals surface area contributed by atoms with Gasteiger partial charge in [-0.3, -0.25) is 14.6 Å². The van der Waals surface area contributed by atoms with Gasteiger partial charge in [0, 0.05) is 51.6 Å². The second-order valence-electron chi connectivity index (χ2n) is 8.07. The SMILES string of the molecule is CS(=O)(=O)CS(=O)(=O)N1CCN(CCN2[C@@H]3CCC[C@@]2(C(N)=O)CC3)CC1. The Morgan fingerprint density at radius 2 is 1.70 bits per heavy atom. The second kappa shape index (κ2) is 7.58. The molecule has 0 unspecified atom stereocenters. The lowest BCUT2D eigenvalue weighted by Gasteiger charge is -2.44. The lowest BCUT2D eigenvalue weighted by atomic mass is 9.87. The first kappa shape index (κ1) is 21.0. The third-order valence-corrected chi connectivity index (χ3v) is 10.3. The zero-order valence-electron chi connectivity index (χ0n) is 15.8. The highest BCUT2D eigenvalue weighted by molar-refractivity contribution is 8.06. The molecule has 3 saturated heterocycles. The Balaban J connectivity index is 1.54. The van der Waals surface area contributed by atoms with Crippen molar-refractivity contribution in [1.29, 1.82) is 0 Å². The fourth-order valence-electron chi connectivity index (χ4n) is 4.86. The van der Waals surface area contributed by atoms with Gasteiger partial charge in [0.2, 0.25) is 15.9 Å². The Kier molecular flexibility index (Phi) is 5.89. The van der Waals surface area contributed by atoms with Crippen LogP contribution in [0.4, 0.5) is 0 Å². The van der Waals surface area contributed by atoms with Crippen LogP contribution in [0.5, 0.6) is 0 Å². The van der Waals surface area contributed by atoms with Crippen LogP contribution in [0, 0.1) is 0 Å². The minimum absolute atomic E-state index is 0.221. The Morgan fingerprint density at radius 1 is 1.04 bits per heavy atom. The molecule has 3 heterocycles. The molecule has 2 N–H and O–H groups in total. The second-order valence-corrected chi connectivity index (χ2v) is 12.5. The molecule has 1 amide bonds. The predicted molar refractivity (Wildman–Crippen MR) is 102 cm³/mol. The standard InChI is InChI=1S/C16H30N4O5S2/c1-26(22,23)13-27(24,25)19-10-7-18(8-11-19)9-12-20-14-3-2-5-16(20,6-4-14)15(17)21/h14H,2-13H2,1H3,(H2,17,21)/t14-,16+/m1/s1. The molecule has 0 aliphatic carbocycles. The average Bonchev–Trinajstić information content (AvgIpc) is 2.76. The number of nitrogens with zero attached hydrogens (tertiary/aromatic N) is 3. The van der Waals surface area contributed by atoms with E-state index in [0.29, 0.717) is 32.2 Å². The number of piperidine rings is 1. The summed E-state index contributed by atoms with van der Waals surface area (Å²) in [6.07, 6.45) is 5.76. The van der Waals surface area contributed by atoms with E-state index < -0.39 is 30.5 Å². The fourth-order valence-corrected chi connectivity index (χ4v) is 8.34. The van der Waals surface area contributed by atoms with E-state index in [1.807, 2.05) is 0 Å². The van der Waals surface area contributed by atoms with Crippen LogP contribution in [0.25, 0.3) is 0 Å². The van der Waals surface area contributed by atoms with E-state index in [4.69, 9.17) is 5.73 Å². The van der Waals surface area contributed by atoms with E-state index in [1.54, 1.807) is 0 Å². The van der Waals surface area contributed by atoms with Crippen molar-refractivity contribution in [2.24, 2.45) is 5.73 Å². The van der Waals surface area contributed by atoms with Crippen molar-refractivity contribution in [3.63, 3.8) is 0 Å². The maximum absolute atomic E-state index is 12.2.